The second-order valence-electron chi connectivity index (χ2n) is 4.78. The number of carboxylic acid groups (broad SMARTS) is 1. The Bertz CT molecular complexity index is 650. The third-order valence-electron chi connectivity index (χ3n) is 3.11. The summed E-state index contributed by atoms with van der Waals surface area (Å²) in [4.78, 5) is 12.5. The van der Waals surface area contributed by atoms with Gasteiger partial charge < -0.3 is 5.11 Å². The van der Waals surface area contributed by atoms with E-state index in [9.17, 15) is 18.0 Å². The Labute approximate surface area is 129 Å². The molecule has 0 aliphatic rings. The maximum Gasteiger partial charge on any atom is 0.416 e. The number of thiophene rings is 1. The second-order valence-corrected chi connectivity index (χ2v) is 5.95. The molecule has 0 aliphatic carbocycles. The predicted octanol–water partition coefficient (Wildman–Crippen LogP) is 4.00. The van der Waals surface area contributed by atoms with Crippen LogP contribution in [0.2, 0.25) is 0 Å². The third-order valence-corrected chi connectivity index (χ3v) is 4.25. The van der Waals surface area contributed by atoms with Crippen LogP contribution in [0.1, 0.15) is 17.4 Å². The van der Waals surface area contributed by atoms with Crippen molar-refractivity contribution in [3.05, 3.63) is 46.8 Å². The summed E-state index contributed by atoms with van der Waals surface area (Å²) in [6, 6.07) is 7.97. The van der Waals surface area contributed by atoms with Crippen molar-refractivity contribution in [1.29, 1.82) is 0 Å². The summed E-state index contributed by atoms with van der Waals surface area (Å²) in [6.07, 6.45) is -4.34. The number of hydrogen-bond acceptors (Lipinski definition) is 3. The number of carboxylic acids is 1. The summed E-state index contributed by atoms with van der Waals surface area (Å²) < 4.78 is 37.5. The van der Waals surface area contributed by atoms with Gasteiger partial charge in [0.15, 0.2) is 0 Å². The fourth-order valence-electron chi connectivity index (χ4n) is 1.79. The maximum atomic E-state index is 12.5. The van der Waals surface area contributed by atoms with Gasteiger partial charge in [0.1, 0.15) is 6.04 Å². The molecule has 1 aromatic carbocycles. The lowest BCUT2D eigenvalue weighted by Gasteiger charge is -2.07. The quantitative estimate of drug-likeness (QED) is 0.872. The summed E-state index contributed by atoms with van der Waals surface area (Å²) in [5.74, 6) is -0.931. The van der Waals surface area contributed by atoms with Crippen molar-refractivity contribution in [2.45, 2.75) is 25.7 Å². The zero-order valence-corrected chi connectivity index (χ0v) is 12.5. The number of hydrogen-bond donors (Lipinski definition) is 2. The molecule has 0 fully saturated rings. The highest BCUT2D eigenvalue weighted by molar-refractivity contribution is 7.15. The van der Waals surface area contributed by atoms with Crippen LogP contribution in [-0.4, -0.2) is 17.1 Å². The number of nitrogens with one attached hydrogen (secondary N) is 1. The van der Waals surface area contributed by atoms with E-state index in [1.54, 1.807) is 6.92 Å². The first-order valence-corrected chi connectivity index (χ1v) is 7.31. The molecule has 1 heterocycles. The highest BCUT2D eigenvalue weighted by atomic mass is 32.1. The van der Waals surface area contributed by atoms with E-state index < -0.39 is 23.8 Å². The molecule has 0 unspecified atom stereocenters. The topological polar surface area (TPSA) is 49.3 Å². The summed E-state index contributed by atoms with van der Waals surface area (Å²) in [6.45, 7) is 1.95. The molecule has 0 saturated carbocycles. The Hall–Kier alpha value is -1.86. The van der Waals surface area contributed by atoms with Crippen LogP contribution >= 0.6 is 11.3 Å². The van der Waals surface area contributed by atoms with Gasteiger partial charge in [-0.25, -0.2) is 0 Å². The van der Waals surface area contributed by atoms with Crippen LogP contribution < -0.4 is 5.32 Å². The molecular weight excluding hydrogens is 315 g/mol. The molecule has 0 spiro atoms. The van der Waals surface area contributed by atoms with E-state index in [0.717, 1.165) is 21.9 Å². The SMILES string of the molecule is C[C@H](NCc1ccc(-c2ccc(C(F)(F)F)cc2)s1)C(=O)O. The predicted molar refractivity (Wildman–Crippen MR) is 78.7 cm³/mol. The molecule has 3 nitrogen and oxygen atoms in total. The van der Waals surface area contributed by atoms with Crippen LogP contribution in [0.4, 0.5) is 13.2 Å². The summed E-state index contributed by atoms with van der Waals surface area (Å²) in [5.41, 5.74) is 0.0283. The molecular formula is C15H14F3NO2S. The van der Waals surface area contributed by atoms with Crippen molar-refractivity contribution in [2.24, 2.45) is 0 Å². The van der Waals surface area contributed by atoms with Crippen LogP contribution in [0.3, 0.4) is 0 Å². The molecule has 2 N–H and O–H groups in total. The Morgan fingerprint density at radius 1 is 1.23 bits per heavy atom. The van der Waals surface area contributed by atoms with E-state index in [1.807, 2.05) is 12.1 Å². The van der Waals surface area contributed by atoms with Gasteiger partial charge in [0.25, 0.3) is 0 Å². The van der Waals surface area contributed by atoms with E-state index in [-0.39, 0.29) is 0 Å². The van der Waals surface area contributed by atoms with E-state index in [4.69, 9.17) is 5.11 Å². The van der Waals surface area contributed by atoms with Gasteiger partial charge in [0.05, 0.1) is 5.56 Å². The second kappa shape index (κ2) is 6.50. The molecule has 2 rings (SSSR count). The first-order chi connectivity index (χ1) is 10.3. The number of halogens is 3. The van der Waals surface area contributed by atoms with E-state index >= 15 is 0 Å². The van der Waals surface area contributed by atoms with Crippen LogP contribution in [-0.2, 0) is 17.5 Å². The summed E-state index contributed by atoms with van der Waals surface area (Å²) >= 11 is 1.42. The van der Waals surface area contributed by atoms with Gasteiger partial charge in [-0.05, 0) is 36.8 Å². The monoisotopic (exact) mass is 329 g/mol. The molecule has 0 bridgehead atoms. The molecule has 2 aromatic rings. The number of alkyl halides is 3. The van der Waals surface area contributed by atoms with E-state index in [0.29, 0.717) is 12.1 Å². The summed E-state index contributed by atoms with van der Waals surface area (Å²) in [7, 11) is 0. The van der Waals surface area contributed by atoms with Gasteiger partial charge in [-0.1, -0.05) is 12.1 Å². The lowest BCUT2D eigenvalue weighted by Crippen LogP contribution is -2.32. The van der Waals surface area contributed by atoms with Crippen molar-refractivity contribution in [3.8, 4) is 10.4 Å². The van der Waals surface area contributed by atoms with Gasteiger partial charge in [-0.3, -0.25) is 10.1 Å². The van der Waals surface area contributed by atoms with Gasteiger partial charge in [-0.2, -0.15) is 13.2 Å². The van der Waals surface area contributed by atoms with E-state index in [1.165, 1.54) is 23.5 Å². The fourth-order valence-corrected chi connectivity index (χ4v) is 2.76. The van der Waals surface area contributed by atoms with Crippen molar-refractivity contribution in [1.82, 2.24) is 5.32 Å². The minimum absolute atomic E-state index is 0.402. The highest BCUT2D eigenvalue weighted by Gasteiger charge is 2.30. The van der Waals surface area contributed by atoms with Crippen LogP contribution in [0.15, 0.2) is 36.4 Å². The molecule has 118 valence electrons. The number of carbonyl (C=O) groups is 1. The average molecular weight is 329 g/mol. The van der Waals surface area contributed by atoms with Crippen molar-refractivity contribution in [3.63, 3.8) is 0 Å². The van der Waals surface area contributed by atoms with Crippen molar-refractivity contribution >= 4 is 17.3 Å². The van der Waals surface area contributed by atoms with Gasteiger partial charge in [0.2, 0.25) is 0 Å². The Kier molecular flexibility index (Phi) is 4.87. The maximum absolute atomic E-state index is 12.5. The first-order valence-electron chi connectivity index (χ1n) is 6.50. The normalized spacial score (nSPS) is 13.1. The van der Waals surface area contributed by atoms with Crippen molar-refractivity contribution < 1.29 is 23.1 Å². The number of rotatable bonds is 5. The molecule has 0 radical (unpaired) electrons. The van der Waals surface area contributed by atoms with Crippen molar-refractivity contribution in [2.75, 3.05) is 0 Å². The van der Waals surface area contributed by atoms with Crippen LogP contribution in [0, 0.1) is 0 Å². The standard InChI is InChI=1S/C15H14F3NO2S/c1-9(14(20)21)19-8-12-6-7-13(22-12)10-2-4-11(5-3-10)15(16,17)18/h2-7,9,19H,8H2,1H3,(H,20,21)/t9-/m0/s1. The lowest BCUT2D eigenvalue weighted by molar-refractivity contribution is -0.139. The minimum atomic E-state index is -4.34. The molecule has 22 heavy (non-hydrogen) atoms. The van der Waals surface area contributed by atoms with Gasteiger partial charge >= 0.3 is 12.1 Å². The zero-order valence-electron chi connectivity index (χ0n) is 11.6. The Morgan fingerprint density at radius 3 is 2.41 bits per heavy atom. The van der Waals surface area contributed by atoms with E-state index in [2.05, 4.69) is 5.32 Å². The summed E-state index contributed by atoms with van der Waals surface area (Å²) in [5, 5.41) is 11.6. The Balaban J connectivity index is 2.06. The zero-order chi connectivity index (χ0) is 16.3. The van der Waals surface area contributed by atoms with Gasteiger partial charge in [-0.15, -0.1) is 11.3 Å². The largest absolute Gasteiger partial charge is 0.480 e. The van der Waals surface area contributed by atoms with Gasteiger partial charge in [0, 0.05) is 16.3 Å². The molecule has 0 amide bonds. The lowest BCUT2D eigenvalue weighted by atomic mass is 10.1. The Morgan fingerprint density at radius 2 is 1.86 bits per heavy atom. The molecule has 7 heteroatoms. The smallest absolute Gasteiger partial charge is 0.416 e. The molecule has 1 atom stereocenters. The molecule has 0 aliphatic heterocycles. The first kappa shape index (κ1) is 16.5. The molecule has 1 aromatic heterocycles. The fraction of sp³-hybridized carbons (Fsp3) is 0.267. The van der Waals surface area contributed by atoms with Crippen LogP contribution in [0.25, 0.3) is 10.4 Å². The average Bonchev–Trinajstić information content (AvgIpc) is 2.92. The minimum Gasteiger partial charge on any atom is -0.480 e. The molecule has 0 saturated heterocycles. The van der Waals surface area contributed by atoms with Crippen LogP contribution in [0.5, 0.6) is 0 Å². The third kappa shape index (κ3) is 4.08. The number of aliphatic carboxylic acids is 1. The number of benzene rings is 1. The highest BCUT2D eigenvalue weighted by Crippen LogP contribution is 2.33.